The summed E-state index contributed by atoms with van der Waals surface area (Å²) in [6.07, 6.45) is 19.9. The highest BCUT2D eigenvalue weighted by Gasteiger charge is 2.31. The molecule has 0 aromatic rings. The maximum atomic E-state index is 5.45. The van der Waals surface area contributed by atoms with Crippen molar-refractivity contribution in [2.45, 2.75) is 79.1 Å². The van der Waals surface area contributed by atoms with E-state index in [0.29, 0.717) is 9.45 Å². The predicted octanol–water partition coefficient (Wildman–Crippen LogP) is 7.43. The van der Waals surface area contributed by atoms with Crippen molar-refractivity contribution in [2.75, 3.05) is 42.3 Å². The van der Waals surface area contributed by atoms with Crippen molar-refractivity contribution in [2.24, 2.45) is 23.7 Å². The third-order valence-electron chi connectivity index (χ3n) is 6.56. The summed E-state index contributed by atoms with van der Waals surface area (Å²) in [5.74, 6) is 9.14. The monoisotopic (exact) mass is 532 g/mol. The van der Waals surface area contributed by atoms with Crippen molar-refractivity contribution in [3.05, 3.63) is 0 Å². The van der Waals surface area contributed by atoms with Crippen LogP contribution in [0, 0.1) is 23.7 Å². The van der Waals surface area contributed by atoms with E-state index in [1.807, 2.05) is 20.6 Å². The minimum Gasteiger partial charge on any atom is -0.370 e. The Morgan fingerprint density at radius 1 is 0.767 bits per heavy atom. The normalized spacial score (nSPS) is 28.2. The van der Waals surface area contributed by atoms with E-state index in [9.17, 15) is 0 Å². The average molecular weight is 533 g/mol. The van der Waals surface area contributed by atoms with Crippen LogP contribution in [0.1, 0.15) is 79.1 Å². The van der Waals surface area contributed by atoms with Gasteiger partial charge in [-0.25, -0.2) is 0 Å². The van der Waals surface area contributed by atoms with Crippen LogP contribution in [0.5, 0.6) is 0 Å². The van der Waals surface area contributed by atoms with Crippen LogP contribution in [0.3, 0.4) is 0 Å². The summed E-state index contributed by atoms with van der Waals surface area (Å²) in [5, 5.41) is 0. The van der Waals surface area contributed by atoms with Gasteiger partial charge in [0.05, 0.1) is 12.5 Å². The lowest BCUT2D eigenvalue weighted by molar-refractivity contribution is 0.202. The van der Waals surface area contributed by atoms with Gasteiger partial charge in [-0.05, 0) is 78.0 Å². The highest BCUT2D eigenvalue weighted by molar-refractivity contribution is 8.58. The lowest BCUT2D eigenvalue weighted by Crippen LogP contribution is -2.09. The minimum atomic E-state index is 0. The van der Waals surface area contributed by atoms with Crippen molar-refractivity contribution in [3.63, 3.8) is 0 Å². The average Bonchev–Trinajstić information content (AvgIpc) is 3.53. The molecule has 0 amide bonds. The summed E-state index contributed by atoms with van der Waals surface area (Å²) in [5.41, 5.74) is 0. The number of rotatable bonds is 8. The maximum absolute atomic E-state index is 5.45. The van der Waals surface area contributed by atoms with Gasteiger partial charge in [0, 0.05) is 17.3 Å². The standard InChI is InChI=1S/C7H16OS6.2C7H12.2CH4/c1-10-4-6-14(13-12-9)5-3-8-7-11-2;2*1-2-7-4-3-6(1)5-7;;/h3-7H2,1-2H3;2*6-7H,1-5H2;2*1H4. The first-order valence-corrected chi connectivity index (χ1v) is 18.9. The second kappa shape index (κ2) is 20.1. The van der Waals surface area contributed by atoms with E-state index >= 15 is 0 Å². The maximum Gasteiger partial charge on any atom is 0.0918 e. The number of ether oxygens (including phenoxy) is 1. The number of hydrogen-bond acceptors (Lipinski definition) is 4. The summed E-state index contributed by atoms with van der Waals surface area (Å²) in [6.45, 7) is 0.876. The Bertz CT molecular complexity index is 458. The summed E-state index contributed by atoms with van der Waals surface area (Å²) in [6, 6.07) is 0. The van der Waals surface area contributed by atoms with Gasteiger partial charge in [0.2, 0.25) is 0 Å². The summed E-state index contributed by atoms with van der Waals surface area (Å²) >= 11 is 8.55. The van der Waals surface area contributed by atoms with Gasteiger partial charge in [-0.2, -0.15) is 11.8 Å². The zero-order chi connectivity index (χ0) is 20.0. The molecule has 0 aromatic carbocycles. The van der Waals surface area contributed by atoms with Gasteiger partial charge in [0.25, 0.3) is 0 Å². The van der Waals surface area contributed by atoms with E-state index in [1.165, 1.54) is 44.1 Å². The molecule has 1 atom stereocenters. The number of hydrogen-bond donors (Lipinski definition) is 0. The molecule has 1 unspecified atom stereocenters. The molecule has 0 aromatic heterocycles. The van der Waals surface area contributed by atoms with Gasteiger partial charge in [0.15, 0.2) is 0 Å². The minimum absolute atomic E-state index is 0. The van der Waals surface area contributed by atoms with Crippen LogP contribution in [0.25, 0.3) is 0 Å². The molecule has 0 radical (unpaired) electrons. The highest BCUT2D eigenvalue weighted by atomic mass is 33.2. The van der Waals surface area contributed by atoms with Gasteiger partial charge in [-0.15, -0.1) is 21.2 Å². The molecule has 4 fully saturated rings. The first kappa shape index (κ1) is 31.7. The summed E-state index contributed by atoms with van der Waals surface area (Å²) in [7, 11) is 3.69. The molecule has 30 heavy (non-hydrogen) atoms. The largest absolute Gasteiger partial charge is 0.370 e. The molecular formula is C23H48OS6. The van der Waals surface area contributed by atoms with E-state index < -0.39 is 0 Å². The fourth-order valence-electron chi connectivity index (χ4n) is 5.03. The van der Waals surface area contributed by atoms with E-state index in [0.717, 1.165) is 18.3 Å². The van der Waals surface area contributed by atoms with Crippen molar-refractivity contribution in [1.29, 1.82) is 0 Å². The predicted molar refractivity (Wildman–Crippen MR) is 156 cm³/mol. The fraction of sp³-hybridized carbons (Fsp3) is 1.00. The molecule has 4 aliphatic rings. The first-order chi connectivity index (χ1) is 13.7. The molecule has 1 nitrogen and oxygen atoms in total. The van der Waals surface area contributed by atoms with Crippen LogP contribution < -0.4 is 0 Å². The van der Waals surface area contributed by atoms with Crippen LogP contribution in [-0.4, -0.2) is 42.3 Å². The zero-order valence-electron chi connectivity index (χ0n) is 17.8. The van der Waals surface area contributed by atoms with Gasteiger partial charge in [0.1, 0.15) is 0 Å². The Balaban J connectivity index is 0.000000437. The lowest BCUT2D eigenvalue weighted by Gasteiger charge is -2.05. The Kier molecular flexibility index (Phi) is 21.2. The molecule has 0 saturated heterocycles. The van der Waals surface area contributed by atoms with Gasteiger partial charge in [-0.3, -0.25) is 0 Å². The van der Waals surface area contributed by atoms with E-state index in [-0.39, 0.29) is 14.9 Å². The molecule has 182 valence electrons. The molecule has 0 aliphatic heterocycles. The Morgan fingerprint density at radius 3 is 1.53 bits per heavy atom. The second-order valence-corrected chi connectivity index (χ2v) is 17.0. The van der Waals surface area contributed by atoms with E-state index in [2.05, 4.69) is 12.5 Å². The van der Waals surface area contributed by atoms with Crippen molar-refractivity contribution in [3.8, 4) is 0 Å². The number of fused-ring (bicyclic) bond motifs is 4. The molecule has 0 heterocycles. The molecule has 0 N–H and O–H groups in total. The summed E-state index contributed by atoms with van der Waals surface area (Å²) in [4.78, 5) is 0. The van der Waals surface area contributed by atoms with Gasteiger partial charge < -0.3 is 4.74 Å². The van der Waals surface area contributed by atoms with Crippen LogP contribution in [0.4, 0.5) is 0 Å². The van der Waals surface area contributed by atoms with Crippen molar-refractivity contribution >= 4 is 61.9 Å². The third kappa shape index (κ3) is 13.4. The summed E-state index contributed by atoms with van der Waals surface area (Å²) < 4.78 is 5.45. The molecule has 4 bridgehead atoms. The van der Waals surface area contributed by atoms with Crippen LogP contribution in [0.15, 0.2) is 0 Å². The smallest absolute Gasteiger partial charge is 0.0918 e. The van der Waals surface area contributed by atoms with Crippen LogP contribution in [0.2, 0.25) is 0 Å². The van der Waals surface area contributed by atoms with Gasteiger partial charge >= 0.3 is 0 Å². The van der Waals surface area contributed by atoms with Crippen LogP contribution >= 0.6 is 23.5 Å². The lowest BCUT2D eigenvalue weighted by atomic mass is 10.0. The first-order valence-electron chi connectivity index (χ1n) is 10.9. The fourth-order valence-corrected chi connectivity index (χ4v) is 13.0. The Morgan fingerprint density at radius 2 is 1.23 bits per heavy atom. The molecule has 0 spiro atoms. The van der Waals surface area contributed by atoms with E-state index in [4.69, 9.17) is 15.9 Å². The second-order valence-electron chi connectivity index (χ2n) is 8.54. The Labute approximate surface area is 210 Å². The molecule has 4 aliphatic carbocycles. The number of thioether (sulfide) groups is 2. The SMILES string of the molecule is C.C.C1CC2CCC1C2.C1CC2CCC1C2.CSCCS(CCOCSC)=S=S=S. The highest BCUT2D eigenvalue weighted by Crippen LogP contribution is 2.44. The molecule has 4 rings (SSSR count). The molecule has 7 heteroatoms. The van der Waals surface area contributed by atoms with Crippen molar-refractivity contribution in [1.82, 2.24) is 0 Å². The third-order valence-corrected chi connectivity index (χ3v) is 14.8. The topological polar surface area (TPSA) is 9.23 Å². The van der Waals surface area contributed by atoms with Crippen LogP contribution in [-0.2, 0) is 43.1 Å². The van der Waals surface area contributed by atoms with Gasteiger partial charge in [-0.1, -0.05) is 66.2 Å². The molecule has 4 saturated carbocycles. The zero-order valence-corrected chi connectivity index (χ0v) is 22.7. The molecular weight excluding hydrogens is 485 g/mol. The van der Waals surface area contributed by atoms with Crippen molar-refractivity contribution < 1.29 is 4.74 Å². The van der Waals surface area contributed by atoms with E-state index in [1.54, 1.807) is 76.0 Å². The Hall–Kier alpha value is 1.67. The quantitative estimate of drug-likeness (QED) is 0.237.